The van der Waals surface area contributed by atoms with Crippen LogP contribution in [-0.4, -0.2) is 41.8 Å². The summed E-state index contributed by atoms with van der Waals surface area (Å²) in [6, 6.07) is 0. The van der Waals surface area contributed by atoms with Gasteiger partial charge in [0.15, 0.2) is 0 Å². The summed E-state index contributed by atoms with van der Waals surface area (Å²) in [5.74, 6) is -1.44. The van der Waals surface area contributed by atoms with Gasteiger partial charge < -0.3 is 14.7 Å². The zero-order chi connectivity index (χ0) is 9.68. The van der Waals surface area contributed by atoms with Gasteiger partial charge in [0.1, 0.15) is 6.73 Å². The Bertz CT molecular complexity index is 230. The highest BCUT2D eigenvalue weighted by atomic mass is 16.5. The van der Waals surface area contributed by atoms with Crippen molar-refractivity contribution in [3.63, 3.8) is 0 Å². The van der Waals surface area contributed by atoms with Crippen LogP contribution < -0.4 is 0 Å². The molecule has 1 heterocycles. The van der Waals surface area contributed by atoms with Crippen molar-refractivity contribution in [1.29, 1.82) is 0 Å². The first-order chi connectivity index (χ1) is 6.20. The van der Waals surface area contributed by atoms with Crippen molar-refractivity contribution in [1.82, 2.24) is 4.90 Å². The molecule has 1 saturated heterocycles. The summed E-state index contributed by atoms with van der Waals surface area (Å²) in [5, 5.41) is 8.27. The third-order valence-electron chi connectivity index (χ3n) is 1.64. The highest BCUT2D eigenvalue weighted by Gasteiger charge is 2.14. The van der Waals surface area contributed by atoms with E-state index in [1.54, 1.807) is 0 Å². The average Bonchev–Trinajstić information content (AvgIpc) is 2.15. The number of hydrogen-bond donors (Lipinski definition) is 1. The lowest BCUT2D eigenvalue weighted by atomic mass is 10.3. The standard InChI is InChI=1S/C8H11NO4/c10-7(2-3-8(11)12)9-4-1-5-13-6-9/h2-3H,1,4-6H2,(H,11,12)/b3-2-. The van der Waals surface area contributed by atoms with E-state index in [4.69, 9.17) is 9.84 Å². The average molecular weight is 185 g/mol. The normalized spacial score (nSPS) is 17.7. The van der Waals surface area contributed by atoms with Crippen molar-refractivity contribution in [3.8, 4) is 0 Å². The van der Waals surface area contributed by atoms with Gasteiger partial charge in [0, 0.05) is 18.7 Å². The minimum absolute atomic E-state index is 0.253. The van der Waals surface area contributed by atoms with E-state index in [1.807, 2.05) is 0 Å². The summed E-state index contributed by atoms with van der Waals surface area (Å²) >= 11 is 0. The van der Waals surface area contributed by atoms with Crippen LogP contribution in [0.5, 0.6) is 0 Å². The van der Waals surface area contributed by atoms with Crippen LogP contribution in [0.3, 0.4) is 0 Å². The van der Waals surface area contributed by atoms with Crippen molar-refractivity contribution < 1.29 is 19.4 Å². The zero-order valence-electron chi connectivity index (χ0n) is 7.10. The second kappa shape index (κ2) is 4.61. The number of carboxylic acid groups (broad SMARTS) is 1. The minimum atomic E-state index is -1.12. The van der Waals surface area contributed by atoms with Crippen LogP contribution in [-0.2, 0) is 14.3 Å². The molecule has 0 aromatic heterocycles. The molecule has 1 amide bonds. The first kappa shape index (κ1) is 9.73. The van der Waals surface area contributed by atoms with E-state index >= 15 is 0 Å². The molecule has 0 radical (unpaired) electrons. The molecule has 0 bridgehead atoms. The van der Waals surface area contributed by atoms with Crippen LogP contribution in [0, 0.1) is 0 Å². The summed E-state index contributed by atoms with van der Waals surface area (Å²) < 4.78 is 5.03. The van der Waals surface area contributed by atoms with Crippen LogP contribution in [0.4, 0.5) is 0 Å². The summed E-state index contributed by atoms with van der Waals surface area (Å²) in [6.07, 6.45) is 2.67. The van der Waals surface area contributed by atoms with E-state index in [2.05, 4.69) is 0 Å². The number of aliphatic carboxylic acids is 1. The number of ether oxygens (including phenoxy) is 1. The molecule has 13 heavy (non-hydrogen) atoms. The monoisotopic (exact) mass is 185 g/mol. The fraction of sp³-hybridized carbons (Fsp3) is 0.500. The largest absolute Gasteiger partial charge is 0.478 e. The van der Waals surface area contributed by atoms with E-state index in [-0.39, 0.29) is 12.6 Å². The smallest absolute Gasteiger partial charge is 0.328 e. The first-order valence-corrected chi connectivity index (χ1v) is 3.98. The number of hydrogen-bond acceptors (Lipinski definition) is 3. The Hall–Kier alpha value is -1.36. The predicted octanol–water partition coefficient (Wildman–Crippen LogP) is -0.166. The molecule has 0 spiro atoms. The van der Waals surface area contributed by atoms with Gasteiger partial charge in [-0.25, -0.2) is 4.79 Å². The van der Waals surface area contributed by atoms with Gasteiger partial charge in [-0.05, 0) is 6.42 Å². The lowest BCUT2D eigenvalue weighted by Crippen LogP contribution is -2.37. The molecule has 0 aliphatic carbocycles. The van der Waals surface area contributed by atoms with Crippen LogP contribution >= 0.6 is 0 Å². The van der Waals surface area contributed by atoms with Crippen LogP contribution in [0.25, 0.3) is 0 Å². The van der Waals surface area contributed by atoms with Crippen molar-refractivity contribution in [3.05, 3.63) is 12.2 Å². The number of carbonyl (C=O) groups excluding carboxylic acids is 1. The predicted molar refractivity (Wildman–Crippen MR) is 43.9 cm³/mol. The Morgan fingerprint density at radius 3 is 2.69 bits per heavy atom. The van der Waals surface area contributed by atoms with Crippen molar-refractivity contribution in [2.45, 2.75) is 6.42 Å². The molecular formula is C8H11NO4. The molecule has 1 aliphatic rings. The molecule has 0 aromatic rings. The summed E-state index contributed by atoms with van der Waals surface area (Å²) in [4.78, 5) is 22.8. The maximum Gasteiger partial charge on any atom is 0.328 e. The lowest BCUT2D eigenvalue weighted by molar-refractivity contribution is -0.136. The Morgan fingerprint density at radius 1 is 1.38 bits per heavy atom. The molecule has 5 nitrogen and oxygen atoms in total. The Balaban J connectivity index is 2.41. The van der Waals surface area contributed by atoms with Crippen LogP contribution in [0.15, 0.2) is 12.2 Å². The molecule has 0 saturated carbocycles. The molecule has 0 aromatic carbocycles. The highest BCUT2D eigenvalue weighted by molar-refractivity contribution is 5.93. The van der Waals surface area contributed by atoms with Gasteiger partial charge in [-0.3, -0.25) is 4.79 Å². The van der Waals surface area contributed by atoms with Crippen molar-refractivity contribution >= 4 is 11.9 Å². The van der Waals surface area contributed by atoms with Gasteiger partial charge in [0.25, 0.3) is 0 Å². The Labute approximate surface area is 75.6 Å². The Kier molecular flexibility index (Phi) is 3.45. The highest BCUT2D eigenvalue weighted by Crippen LogP contribution is 2.01. The number of rotatable bonds is 2. The fourth-order valence-corrected chi connectivity index (χ4v) is 1.02. The molecule has 0 atom stereocenters. The quantitative estimate of drug-likeness (QED) is 0.607. The summed E-state index contributed by atoms with van der Waals surface area (Å²) in [6.45, 7) is 1.54. The molecule has 5 heteroatoms. The molecule has 1 fully saturated rings. The second-order valence-corrected chi connectivity index (χ2v) is 2.66. The van der Waals surface area contributed by atoms with E-state index in [0.29, 0.717) is 13.2 Å². The van der Waals surface area contributed by atoms with Crippen LogP contribution in [0.2, 0.25) is 0 Å². The maximum absolute atomic E-state index is 11.2. The second-order valence-electron chi connectivity index (χ2n) is 2.66. The lowest BCUT2D eigenvalue weighted by Gasteiger charge is -2.25. The van der Waals surface area contributed by atoms with Gasteiger partial charge in [0.2, 0.25) is 5.91 Å². The first-order valence-electron chi connectivity index (χ1n) is 3.98. The molecule has 1 aliphatic heterocycles. The maximum atomic E-state index is 11.2. The molecular weight excluding hydrogens is 174 g/mol. The van der Waals surface area contributed by atoms with Crippen molar-refractivity contribution in [2.75, 3.05) is 19.9 Å². The van der Waals surface area contributed by atoms with Crippen molar-refractivity contribution in [2.24, 2.45) is 0 Å². The molecule has 0 unspecified atom stereocenters. The minimum Gasteiger partial charge on any atom is -0.478 e. The Morgan fingerprint density at radius 2 is 2.15 bits per heavy atom. The van der Waals surface area contributed by atoms with Gasteiger partial charge >= 0.3 is 5.97 Å². The zero-order valence-corrected chi connectivity index (χ0v) is 7.10. The molecule has 1 N–H and O–H groups in total. The van der Waals surface area contributed by atoms with Gasteiger partial charge in [-0.1, -0.05) is 0 Å². The van der Waals surface area contributed by atoms with Gasteiger partial charge in [-0.2, -0.15) is 0 Å². The van der Waals surface area contributed by atoms with Crippen LogP contribution in [0.1, 0.15) is 6.42 Å². The molecule has 1 rings (SSSR count). The summed E-state index contributed by atoms with van der Waals surface area (Å²) in [7, 11) is 0. The molecule has 72 valence electrons. The number of carbonyl (C=O) groups is 2. The van der Waals surface area contributed by atoms with Gasteiger partial charge in [-0.15, -0.1) is 0 Å². The third-order valence-corrected chi connectivity index (χ3v) is 1.64. The van der Waals surface area contributed by atoms with E-state index in [1.165, 1.54) is 4.90 Å². The SMILES string of the molecule is O=C(O)/C=C\C(=O)N1CCCOC1. The number of nitrogens with zero attached hydrogens (tertiary/aromatic N) is 1. The topological polar surface area (TPSA) is 66.8 Å². The fourth-order valence-electron chi connectivity index (χ4n) is 1.02. The van der Waals surface area contributed by atoms with Gasteiger partial charge in [0.05, 0.1) is 6.61 Å². The van der Waals surface area contributed by atoms with E-state index in [9.17, 15) is 9.59 Å². The summed E-state index contributed by atoms with van der Waals surface area (Å²) in [5.41, 5.74) is 0. The van der Waals surface area contributed by atoms with E-state index < -0.39 is 5.97 Å². The number of amides is 1. The number of carboxylic acids is 1. The third kappa shape index (κ3) is 3.25. The van der Waals surface area contributed by atoms with E-state index in [0.717, 1.165) is 18.6 Å².